The van der Waals surface area contributed by atoms with Crippen LogP contribution in [0.25, 0.3) is 0 Å². The van der Waals surface area contributed by atoms with Crippen LogP contribution in [0.2, 0.25) is 0 Å². The van der Waals surface area contributed by atoms with Crippen molar-refractivity contribution in [3.63, 3.8) is 0 Å². The van der Waals surface area contributed by atoms with Gasteiger partial charge in [-0.25, -0.2) is 4.79 Å². The Bertz CT molecular complexity index is 1080. The van der Waals surface area contributed by atoms with Gasteiger partial charge in [0.2, 0.25) is 0 Å². The molecule has 2 N–H and O–H groups in total. The maximum atomic E-state index is 12.8. The van der Waals surface area contributed by atoms with Crippen LogP contribution in [0, 0.1) is 0 Å². The van der Waals surface area contributed by atoms with Gasteiger partial charge in [0.15, 0.2) is 5.11 Å². The van der Waals surface area contributed by atoms with Gasteiger partial charge >= 0.3 is 5.97 Å². The summed E-state index contributed by atoms with van der Waals surface area (Å²) >= 11 is 7.18. The summed E-state index contributed by atoms with van der Waals surface area (Å²) < 4.78 is 7.24. The summed E-state index contributed by atoms with van der Waals surface area (Å²) in [6.45, 7) is 2.87. The molecule has 2 aromatic heterocycles. The van der Waals surface area contributed by atoms with Crippen molar-refractivity contribution in [3.8, 4) is 0 Å². The molecule has 1 aliphatic carbocycles. The van der Waals surface area contributed by atoms with Crippen LogP contribution >= 0.6 is 23.6 Å². The molecule has 3 aromatic rings. The predicted molar refractivity (Wildman–Crippen MR) is 134 cm³/mol. The Kier molecular flexibility index (Phi) is 7.55. The molecule has 1 aliphatic rings. The van der Waals surface area contributed by atoms with Crippen molar-refractivity contribution in [2.45, 2.75) is 52.0 Å². The molecule has 4 rings (SSSR count). The molecule has 0 unspecified atom stereocenters. The van der Waals surface area contributed by atoms with Crippen molar-refractivity contribution in [2.75, 3.05) is 17.2 Å². The fourth-order valence-corrected chi connectivity index (χ4v) is 5.54. The third-order valence-corrected chi connectivity index (χ3v) is 6.87. The third-order valence-electron chi connectivity index (χ3n) is 5.46. The standard InChI is InChI=1S/C24H28N4O2S2/c1-2-30-23(29)21-19-12-8-3-4-9-13-20(19)32-22(21)27-24(31)26-18-14-25-28(16-18)15-17-10-6-5-7-11-17/h5-7,10-11,14,16H,2-4,8-9,12-13,15H2,1H3,(H2,26,27,31). The molecule has 0 spiro atoms. The van der Waals surface area contributed by atoms with Gasteiger partial charge in [0.1, 0.15) is 5.00 Å². The zero-order valence-corrected chi connectivity index (χ0v) is 19.9. The molecule has 0 aliphatic heterocycles. The maximum Gasteiger partial charge on any atom is 0.341 e. The number of thiocarbonyl (C=S) groups is 1. The van der Waals surface area contributed by atoms with Crippen LogP contribution in [-0.2, 0) is 24.1 Å². The summed E-state index contributed by atoms with van der Waals surface area (Å²) in [7, 11) is 0. The number of anilines is 2. The number of carbonyl (C=O) groups is 1. The predicted octanol–water partition coefficient (Wildman–Crippen LogP) is 5.64. The minimum atomic E-state index is -0.272. The van der Waals surface area contributed by atoms with E-state index in [4.69, 9.17) is 17.0 Å². The smallest absolute Gasteiger partial charge is 0.341 e. The van der Waals surface area contributed by atoms with Gasteiger partial charge in [-0.2, -0.15) is 5.10 Å². The van der Waals surface area contributed by atoms with Gasteiger partial charge in [-0.3, -0.25) is 4.68 Å². The molecule has 0 amide bonds. The van der Waals surface area contributed by atoms with Crippen LogP contribution in [-0.4, -0.2) is 27.5 Å². The highest BCUT2D eigenvalue weighted by molar-refractivity contribution is 7.80. The van der Waals surface area contributed by atoms with Gasteiger partial charge < -0.3 is 15.4 Å². The third kappa shape index (κ3) is 5.55. The normalized spacial score (nSPS) is 13.5. The number of thiophene rings is 1. The van der Waals surface area contributed by atoms with Crippen LogP contribution in [0.4, 0.5) is 10.7 Å². The quantitative estimate of drug-likeness (QED) is 0.361. The van der Waals surface area contributed by atoms with Gasteiger partial charge in [-0.05, 0) is 56.0 Å². The molecule has 8 heteroatoms. The SMILES string of the molecule is CCOC(=O)c1c(NC(=S)Nc2cnn(Cc3ccccc3)c2)sc2c1CCCCCC2. The van der Waals surface area contributed by atoms with Crippen LogP contribution in [0.5, 0.6) is 0 Å². The number of hydrogen-bond acceptors (Lipinski definition) is 5. The van der Waals surface area contributed by atoms with Crippen LogP contribution < -0.4 is 10.6 Å². The average Bonchev–Trinajstić information content (AvgIpc) is 3.32. The summed E-state index contributed by atoms with van der Waals surface area (Å²) in [6, 6.07) is 10.2. The van der Waals surface area contributed by atoms with Crippen molar-refractivity contribution in [2.24, 2.45) is 0 Å². The molecule has 2 heterocycles. The molecule has 0 radical (unpaired) electrons. The van der Waals surface area contributed by atoms with Gasteiger partial charge in [0.25, 0.3) is 0 Å². The first-order chi connectivity index (χ1) is 15.6. The number of esters is 1. The summed E-state index contributed by atoms with van der Waals surface area (Å²) in [4.78, 5) is 14.1. The second-order valence-corrected chi connectivity index (χ2v) is 9.35. The van der Waals surface area contributed by atoms with Crippen LogP contribution in [0.15, 0.2) is 42.7 Å². The largest absolute Gasteiger partial charge is 0.462 e. The van der Waals surface area contributed by atoms with Crippen molar-refractivity contribution >= 4 is 45.3 Å². The second kappa shape index (κ2) is 10.7. The van der Waals surface area contributed by atoms with E-state index in [1.807, 2.05) is 36.0 Å². The molecule has 6 nitrogen and oxygen atoms in total. The first-order valence-corrected chi connectivity index (χ1v) is 12.3. The van der Waals surface area contributed by atoms with Crippen molar-refractivity contribution in [1.82, 2.24) is 9.78 Å². The van der Waals surface area contributed by atoms with E-state index in [0.717, 1.165) is 41.9 Å². The van der Waals surface area contributed by atoms with E-state index in [1.54, 1.807) is 17.5 Å². The minimum Gasteiger partial charge on any atom is -0.462 e. The minimum absolute atomic E-state index is 0.272. The number of benzene rings is 1. The number of ether oxygens (including phenoxy) is 1. The number of hydrogen-bond donors (Lipinski definition) is 2. The topological polar surface area (TPSA) is 68.2 Å². The molecular weight excluding hydrogens is 440 g/mol. The van der Waals surface area contributed by atoms with Crippen molar-refractivity contribution < 1.29 is 9.53 Å². The summed E-state index contributed by atoms with van der Waals surface area (Å²) in [6.07, 6.45) is 10.3. The van der Waals surface area contributed by atoms with E-state index >= 15 is 0 Å². The lowest BCUT2D eigenvalue weighted by Gasteiger charge is -2.12. The Balaban J connectivity index is 1.48. The molecule has 32 heavy (non-hydrogen) atoms. The summed E-state index contributed by atoms with van der Waals surface area (Å²) in [5.74, 6) is -0.272. The van der Waals surface area contributed by atoms with Crippen molar-refractivity contribution in [3.05, 3.63) is 64.3 Å². The molecule has 1 aromatic carbocycles. The van der Waals surface area contributed by atoms with Gasteiger partial charge in [-0.1, -0.05) is 43.2 Å². The van der Waals surface area contributed by atoms with Gasteiger partial charge in [0.05, 0.1) is 30.6 Å². The second-order valence-electron chi connectivity index (χ2n) is 7.83. The van der Waals surface area contributed by atoms with E-state index in [-0.39, 0.29) is 5.97 Å². The Hall–Kier alpha value is -2.71. The number of nitrogens with zero attached hydrogens (tertiary/aromatic N) is 2. The molecule has 0 fully saturated rings. The Labute approximate surface area is 198 Å². The molecular formula is C24H28N4O2S2. The molecule has 0 saturated heterocycles. The number of carbonyl (C=O) groups excluding carboxylic acids is 1. The summed E-state index contributed by atoms with van der Waals surface area (Å²) in [5.41, 5.74) is 3.76. The molecule has 168 valence electrons. The van der Waals surface area contributed by atoms with E-state index in [9.17, 15) is 4.79 Å². The number of rotatable bonds is 6. The molecule has 0 saturated carbocycles. The lowest BCUT2D eigenvalue weighted by Crippen LogP contribution is -2.20. The van der Waals surface area contributed by atoms with Crippen LogP contribution in [0.1, 0.15) is 59.0 Å². The zero-order valence-electron chi connectivity index (χ0n) is 18.2. The summed E-state index contributed by atoms with van der Waals surface area (Å²) in [5, 5.41) is 12.1. The Morgan fingerprint density at radius 2 is 1.94 bits per heavy atom. The first-order valence-electron chi connectivity index (χ1n) is 11.1. The zero-order chi connectivity index (χ0) is 22.3. The maximum absolute atomic E-state index is 12.8. The number of aromatic nitrogens is 2. The van der Waals surface area contributed by atoms with Crippen molar-refractivity contribution in [1.29, 1.82) is 0 Å². The van der Waals surface area contributed by atoms with Gasteiger partial charge in [-0.15, -0.1) is 11.3 Å². The number of fused-ring (bicyclic) bond motifs is 1. The van der Waals surface area contributed by atoms with E-state index in [1.165, 1.54) is 23.3 Å². The first kappa shape index (κ1) is 22.5. The monoisotopic (exact) mass is 468 g/mol. The van der Waals surface area contributed by atoms with E-state index in [0.29, 0.717) is 23.8 Å². The highest BCUT2D eigenvalue weighted by Gasteiger charge is 2.25. The highest BCUT2D eigenvalue weighted by atomic mass is 32.1. The molecule has 0 bridgehead atoms. The fourth-order valence-electron chi connectivity index (χ4n) is 3.98. The van der Waals surface area contributed by atoms with Crippen LogP contribution in [0.3, 0.4) is 0 Å². The Morgan fingerprint density at radius 3 is 2.72 bits per heavy atom. The highest BCUT2D eigenvalue weighted by Crippen LogP contribution is 2.37. The van der Waals surface area contributed by atoms with E-state index < -0.39 is 0 Å². The lowest BCUT2D eigenvalue weighted by atomic mass is 9.96. The Morgan fingerprint density at radius 1 is 1.16 bits per heavy atom. The number of nitrogens with one attached hydrogen (secondary N) is 2. The number of aryl methyl sites for hydroxylation is 1. The van der Waals surface area contributed by atoms with E-state index in [2.05, 4.69) is 27.9 Å². The average molecular weight is 469 g/mol. The fraction of sp³-hybridized carbons (Fsp3) is 0.375. The molecule has 0 atom stereocenters. The lowest BCUT2D eigenvalue weighted by molar-refractivity contribution is 0.0526. The van der Waals surface area contributed by atoms with Gasteiger partial charge in [0, 0.05) is 11.1 Å².